The van der Waals surface area contributed by atoms with Gasteiger partial charge in [0.1, 0.15) is 5.75 Å². The highest BCUT2D eigenvalue weighted by Gasteiger charge is 2.26. The number of para-hydroxylation sites is 1. The average Bonchev–Trinajstić information content (AvgIpc) is 2.19. The van der Waals surface area contributed by atoms with E-state index in [1.165, 1.54) is 0 Å². The Morgan fingerprint density at radius 3 is 2.71 bits per heavy atom. The topological polar surface area (TPSA) is 33.6 Å². The molecule has 1 unspecified atom stereocenters. The van der Waals surface area contributed by atoms with Crippen molar-refractivity contribution in [3.63, 3.8) is 0 Å². The van der Waals surface area contributed by atoms with Crippen molar-refractivity contribution in [1.29, 1.82) is 0 Å². The number of rotatable bonds is 2. The number of hydrogen-bond donors (Lipinski definition) is 1. The maximum Gasteiger partial charge on any atom is 0.293 e. The van der Waals surface area contributed by atoms with Crippen molar-refractivity contribution in [2.45, 2.75) is 5.18 Å². The van der Waals surface area contributed by atoms with E-state index in [-0.39, 0.29) is 0 Å². The zero-order valence-corrected chi connectivity index (χ0v) is 8.11. The molecular weight excluding hydrogens is 200 g/mol. The third kappa shape index (κ3) is 2.06. The van der Waals surface area contributed by atoms with Crippen LogP contribution in [0.15, 0.2) is 47.6 Å². The van der Waals surface area contributed by atoms with Gasteiger partial charge in [0.2, 0.25) is 0 Å². The second-order valence-electron chi connectivity index (χ2n) is 2.81. The Hall–Kier alpha value is -1.48. The first-order chi connectivity index (χ1) is 6.79. The van der Waals surface area contributed by atoms with Crippen molar-refractivity contribution in [2.24, 2.45) is 5.10 Å². The molecule has 0 radical (unpaired) electrons. The smallest absolute Gasteiger partial charge is 0.293 e. The highest BCUT2D eigenvalue weighted by molar-refractivity contribution is 6.24. The van der Waals surface area contributed by atoms with Crippen molar-refractivity contribution in [1.82, 2.24) is 5.43 Å². The Morgan fingerprint density at radius 1 is 1.29 bits per heavy atom. The van der Waals surface area contributed by atoms with E-state index in [1.54, 1.807) is 18.4 Å². The first kappa shape index (κ1) is 9.09. The number of allylic oxidation sites excluding steroid dienone is 1. The number of halogens is 1. The first-order valence-corrected chi connectivity index (χ1v) is 4.57. The molecule has 72 valence electrons. The van der Waals surface area contributed by atoms with E-state index in [4.69, 9.17) is 16.3 Å². The highest BCUT2D eigenvalue weighted by Crippen LogP contribution is 2.21. The molecule has 1 aliphatic heterocycles. The number of nitrogens with one attached hydrogen (secondary N) is 1. The summed E-state index contributed by atoms with van der Waals surface area (Å²) in [5.41, 5.74) is 2.67. The van der Waals surface area contributed by atoms with Crippen LogP contribution in [0.4, 0.5) is 0 Å². The molecule has 0 bridgehead atoms. The van der Waals surface area contributed by atoms with Crippen LogP contribution in [0.25, 0.3) is 0 Å². The van der Waals surface area contributed by atoms with E-state index in [0.29, 0.717) is 5.75 Å². The molecule has 3 nitrogen and oxygen atoms in total. The van der Waals surface area contributed by atoms with Gasteiger partial charge in [0.25, 0.3) is 5.18 Å². The van der Waals surface area contributed by atoms with Gasteiger partial charge in [0.15, 0.2) is 0 Å². The molecule has 0 fully saturated rings. The van der Waals surface area contributed by atoms with E-state index in [1.807, 2.05) is 30.3 Å². The lowest BCUT2D eigenvalue weighted by Gasteiger charge is -2.25. The summed E-state index contributed by atoms with van der Waals surface area (Å²) in [5.74, 6) is 0.691. The summed E-state index contributed by atoms with van der Waals surface area (Å²) in [5, 5.41) is 2.73. The largest absolute Gasteiger partial charge is 0.449 e. The first-order valence-electron chi connectivity index (χ1n) is 4.20. The van der Waals surface area contributed by atoms with Crippen molar-refractivity contribution < 1.29 is 4.74 Å². The Kier molecular flexibility index (Phi) is 2.41. The van der Waals surface area contributed by atoms with Crippen LogP contribution in [0.2, 0.25) is 0 Å². The van der Waals surface area contributed by atoms with Crippen molar-refractivity contribution in [3.05, 3.63) is 42.5 Å². The Morgan fingerprint density at radius 2 is 2.07 bits per heavy atom. The van der Waals surface area contributed by atoms with E-state index in [2.05, 4.69) is 10.5 Å². The van der Waals surface area contributed by atoms with Gasteiger partial charge < -0.3 is 4.74 Å². The lowest BCUT2D eigenvalue weighted by molar-refractivity contribution is 0.169. The Balaban J connectivity index is 2.11. The molecule has 0 aliphatic carbocycles. The van der Waals surface area contributed by atoms with Crippen molar-refractivity contribution in [2.75, 3.05) is 0 Å². The standard InChI is InChI=1S/C10H9ClN2O/c11-10(7-4-8-12-13-10)14-9-5-2-1-3-6-9/h1-8,13H. The summed E-state index contributed by atoms with van der Waals surface area (Å²) in [4.78, 5) is 0. The van der Waals surface area contributed by atoms with Gasteiger partial charge in [0.05, 0.1) is 0 Å². The van der Waals surface area contributed by atoms with Gasteiger partial charge in [0, 0.05) is 6.21 Å². The fourth-order valence-corrected chi connectivity index (χ4v) is 1.30. The van der Waals surface area contributed by atoms with Crippen LogP contribution in [0.1, 0.15) is 0 Å². The van der Waals surface area contributed by atoms with Crippen LogP contribution < -0.4 is 10.2 Å². The van der Waals surface area contributed by atoms with Crippen LogP contribution in [-0.4, -0.2) is 11.4 Å². The lowest BCUT2D eigenvalue weighted by Crippen LogP contribution is -2.41. The molecule has 1 N–H and O–H groups in total. The number of alkyl halides is 1. The van der Waals surface area contributed by atoms with E-state index in [9.17, 15) is 0 Å². The van der Waals surface area contributed by atoms with E-state index < -0.39 is 5.18 Å². The Bertz CT molecular complexity index is 364. The number of nitrogens with zero attached hydrogens (tertiary/aromatic N) is 1. The van der Waals surface area contributed by atoms with E-state index >= 15 is 0 Å². The number of benzene rings is 1. The van der Waals surface area contributed by atoms with Crippen LogP contribution in [0.5, 0.6) is 5.75 Å². The maximum atomic E-state index is 6.08. The molecule has 1 aromatic carbocycles. The summed E-state index contributed by atoms with van der Waals surface area (Å²) in [6, 6.07) is 9.34. The summed E-state index contributed by atoms with van der Waals surface area (Å²) in [7, 11) is 0. The monoisotopic (exact) mass is 208 g/mol. The number of hydrogen-bond acceptors (Lipinski definition) is 3. The third-order valence-corrected chi connectivity index (χ3v) is 1.99. The molecule has 0 saturated carbocycles. The van der Waals surface area contributed by atoms with Crippen LogP contribution >= 0.6 is 11.6 Å². The minimum atomic E-state index is -1.07. The molecule has 0 saturated heterocycles. The molecule has 0 aromatic heterocycles. The van der Waals surface area contributed by atoms with Crippen molar-refractivity contribution in [3.8, 4) is 5.75 Å². The van der Waals surface area contributed by atoms with E-state index in [0.717, 1.165) is 0 Å². The molecule has 1 atom stereocenters. The minimum absolute atomic E-state index is 0.691. The average molecular weight is 209 g/mol. The SMILES string of the molecule is ClC1(Oc2ccccc2)C=CC=NN1. The van der Waals surface area contributed by atoms with Crippen molar-refractivity contribution >= 4 is 17.8 Å². The minimum Gasteiger partial charge on any atom is -0.449 e. The van der Waals surface area contributed by atoms with Gasteiger partial charge in [-0.15, -0.1) is 0 Å². The van der Waals surface area contributed by atoms with Crippen LogP contribution in [0.3, 0.4) is 0 Å². The van der Waals surface area contributed by atoms with Gasteiger partial charge in [-0.25, -0.2) is 0 Å². The van der Waals surface area contributed by atoms with Gasteiger partial charge in [-0.05, 0) is 35.9 Å². The molecular formula is C10H9ClN2O. The highest BCUT2D eigenvalue weighted by atomic mass is 35.5. The lowest BCUT2D eigenvalue weighted by atomic mass is 10.3. The molecule has 0 spiro atoms. The molecule has 1 heterocycles. The number of ether oxygens (including phenoxy) is 1. The summed E-state index contributed by atoms with van der Waals surface area (Å²) in [6.45, 7) is 0. The summed E-state index contributed by atoms with van der Waals surface area (Å²) in [6.07, 6.45) is 5.02. The predicted octanol–water partition coefficient (Wildman–Crippen LogP) is 2.10. The molecule has 4 heteroatoms. The molecule has 0 amide bonds. The second kappa shape index (κ2) is 3.72. The molecule has 2 rings (SSSR count). The van der Waals surface area contributed by atoms with Gasteiger partial charge in [-0.1, -0.05) is 18.2 Å². The summed E-state index contributed by atoms with van der Waals surface area (Å²) < 4.78 is 5.50. The quantitative estimate of drug-likeness (QED) is 0.597. The maximum absolute atomic E-state index is 6.08. The van der Waals surface area contributed by atoms with Gasteiger partial charge in [-0.3, -0.25) is 5.43 Å². The predicted molar refractivity (Wildman–Crippen MR) is 56.4 cm³/mol. The normalized spacial score (nSPS) is 24.4. The molecule has 1 aliphatic rings. The van der Waals surface area contributed by atoms with Crippen LogP contribution in [0, 0.1) is 0 Å². The van der Waals surface area contributed by atoms with Crippen LogP contribution in [-0.2, 0) is 0 Å². The zero-order chi connectivity index (χ0) is 9.86. The molecule has 1 aromatic rings. The zero-order valence-electron chi connectivity index (χ0n) is 7.35. The number of hydrazone groups is 1. The summed E-state index contributed by atoms with van der Waals surface area (Å²) >= 11 is 6.08. The fraction of sp³-hybridized carbons (Fsp3) is 0.100. The van der Waals surface area contributed by atoms with Gasteiger partial charge >= 0.3 is 0 Å². The fourth-order valence-electron chi connectivity index (χ4n) is 1.09. The second-order valence-corrected chi connectivity index (χ2v) is 3.37. The molecule has 14 heavy (non-hydrogen) atoms. The Labute approximate surface area is 87.0 Å². The van der Waals surface area contributed by atoms with Gasteiger partial charge in [-0.2, -0.15) is 5.10 Å². The third-order valence-electron chi connectivity index (χ3n) is 1.70.